The van der Waals surface area contributed by atoms with Crippen molar-refractivity contribution in [2.45, 2.75) is 32.5 Å². The number of thiophene rings is 1. The van der Waals surface area contributed by atoms with E-state index in [-0.39, 0.29) is 17.1 Å². The molecular weight excluding hydrogens is 340 g/mol. The van der Waals surface area contributed by atoms with Gasteiger partial charge >= 0.3 is 0 Å². The molecule has 0 aliphatic carbocycles. The average Bonchev–Trinajstić information content (AvgIpc) is 2.88. The summed E-state index contributed by atoms with van der Waals surface area (Å²) in [6.45, 7) is 6.43. The molecule has 24 heavy (non-hydrogen) atoms. The maximum atomic E-state index is 12.8. The van der Waals surface area contributed by atoms with Crippen molar-refractivity contribution in [2.24, 2.45) is 0 Å². The summed E-state index contributed by atoms with van der Waals surface area (Å²) in [6, 6.07) is 9.19. The van der Waals surface area contributed by atoms with Gasteiger partial charge in [0.15, 0.2) is 10.9 Å². The van der Waals surface area contributed by atoms with Crippen LogP contribution < -0.4 is 5.56 Å². The number of Topliss-reactive ketones (excluding diaryl/α,β-unsaturated/α-hetero) is 1. The van der Waals surface area contributed by atoms with Crippen LogP contribution in [0.4, 0.5) is 0 Å². The van der Waals surface area contributed by atoms with Gasteiger partial charge in [-0.1, -0.05) is 42.1 Å². The minimum atomic E-state index is -0.0148. The van der Waals surface area contributed by atoms with Gasteiger partial charge in [-0.25, -0.2) is 4.98 Å². The molecule has 0 radical (unpaired) electrons. The van der Waals surface area contributed by atoms with Gasteiger partial charge in [-0.3, -0.25) is 14.2 Å². The van der Waals surface area contributed by atoms with Crippen molar-refractivity contribution in [1.82, 2.24) is 9.55 Å². The summed E-state index contributed by atoms with van der Waals surface area (Å²) in [5, 5.41) is 1.32. The van der Waals surface area contributed by atoms with E-state index in [4.69, 9.17) is 0 Å². The van der Waals surface area contributed by atoms with E-state index >= 15 is 0 Å². The highest BCUT2D eigenvalue weighted by Crippen LogP contribution is 2.28. The fourth-order valence-corrected chi connectivity index (χ4v) is 4.56. The van der Waals surface area contributed by atoms with Crippen molar-refractivity contribution in [1.29, 1.82) is 0 Å². The van der Waals surface area contributed by atoms with Crippen molar-refractivity contribution in [3.05, 3.63) is 56.7 Å². The largest absolute Gasteiger partial charge is 0.293 e. The maximum Gasteiger partial charge on any atom is 0.263 e. The summed E-state index contributed by atoms with van der Waals surface area (Å²) in [6.07, 6.45) is 0. The van der Waals surface area contributed by atoms with Crippen molar-refractivity contribution in [3.8, 4) is 0 Å². The zero-order chi connectivity index (χ0) is 17.3. The van der Waals surface area contributed by atoms with E-state index in [1.807, 2.05) is 39.0 Å². The molecule has 6 heteroatoms. The Kier molecular flexibility index (Phi) is 4.87. The minimum absolute atomic E-state index is 0.0148. The molecule has 0 fully saturated rings. The molecule has 0 atom stereocenters. The topological polar surface area (TPSA) is 52.0 Å². The second-order valence-corrected chi connectivity index (χ2v) is 7.63. The third-order valence-electron chi connectivity index (χ3n) is 4.00. The monoisotopic (exact) mass is 358 g/mol. The molecule has 1 aromatic carbocycles. The molecule has 0 saturated carbocycles. The highest BCUT2D eigenvalue weighted by molar-refractivity contribution is 7.99. The number of benzene rings is 1. The predicted molar refractivity (Wildman–Crippen MR) is 101 cm³/mol. The number of nitrogens with zero attached hydrogens (tertiary/aromatic N) is 2. The number of ketones is 1. The van der Waals surface area contributed by atoms with Crippen LogP contribution in [0.15, 0.2) is 40.3 Å². The van der Waals surface area contributed by atoms with Crippen molar-refractivity contribution < 1.29 is 4.79 Å². The fraction of sp³-hybridized carbons (Fsp3) is 0.278. The van der Waals surface area contributed by atoms with E-state index in [9.17, 15) is 9.59 Å². The summed E-state index contributed by atoms with van der Waals surface area (Å²) in [5.74, 6) is 0.307. The standard InChI is InChI=1S/C18H18N2O2S2/c1-4-20-17(22)15-11(2)12(3)24-16(15)19-18(20)23-10-14(21)13-8-6-5-7-9-13/h5-9H,4,10H2,1-3H3. The lowest BCUT2D eigenvalue weighted by atomic mass is 10.2. The highest BCUT2D eigenvalue weighted by Gasteiger charge is 2.17. The number of hydrogen-bond donors (Lipinski definition) is 0. The number of rotatable bonds is 5. The Bertz CT molecular complexity index is 959. The molecule has 4 nitrogen and oxygen atoms in total. The summed E-state index contributed by atoms with van der Waals surface area (Å²) in [4.78, 5) is 31.6. The first-order chi connectivity index (χ1) is 11.5. The van der Waals surface area contributed by atoms with Gasteiger partial charge in [-0.05, 0) is 26.3 Å². The lowest BCUT2D eigenvalue weighted by Crippen LogP contribution is -2.22. The Labute approximate surface area is 148 Å². The molecule has 3 rings (SSSR count). The van der Waals surface area contributed by atoms with Crippen LogP contribution in [0.1, 0.15) is 27.7 Å². The number of fused-ring (bicyclic) bond motifs is 1. The van der Waals surface area contributed by atoms with Gasteiger partial charge < -0.3 is 0 Å². The van der Waals surface area contributed by atoms with Gasteiger partial charge in [-0.15, -0.1) is 11.3 Å². The third kappa shape index (κ3) is 3.03. The van der Waals surface area contributed by atoms with Crippen LogP contribution in [0, 0.1) is 13.8 Å². The first-order valence-corrected chi connectivity index (χ1v) is 9.54. The van der Waals surface area contributed by atoms with Crippen LogP contribution in [0.2, 0.25) is 0 Å². The van der Waals surface area contributed by atoms with E-state index in [1.54, 1.807) is 16.7 Å². The number of thioether (sulfide) groups is 1. The molecule has 0 unspecified atom stereocenters. The molecular formula is C18H18N2O2S2. The fourth-order valence-electron chi connectivity index (χ4n) is 2.54. The average molecular weight is 358 g/mol. The van der Waals surface area contributed by atoms with Crippen LogP contribution in [-0.2, 0) is 6.54 Å². The SMILES string of the molecule is CCn1c(SCC(=O)c2ccccc2)nc2sc(C)c(C)c2c1=O. The Hall–Kier alpha value is -1.92. The van der Waals surface area contributed by atoms with Gasteiger partial charge in [0.05, 0.1) is 11.1 Å². The van der Waals surface area contributed by atoms with Crippen LogP contribution in [0.3, 0.4) is 0 Å². The molecule has 2 heterocycles. The van der Waals surface area contributed by atoms with Crippen LogP contribution in [0.5, 0.6) is 0 Å². The molecule has 2 aromatic heterocycles. The lowest BCUT2D eigenvalue weighted by molar-refractivity contribution is 0.102. The zero-order valence-corrected chi connectivity index (χ0v) is 15.5. The number of hydrogen-bond acceptors (Lipinski definition) is 5. The second kappa shape index (κ2) is 6.91. The Morgan fingerprint density at radius 1 is 1.25 bits per heavy atom. The molecule has 0 N–H and O–H groups in total. The van der Waals surface area contributed by atoms with Crippen molar-refractivity contribution in [2.75, 3.05) is 5.75 Å². The quantitative estimate of drug-likeness (QED) is 0.392. The van der Waals surface area contributed by atoms with Gasteiger partial charge in [0.25, 0.3) is 5.56 Å². The van der Waals surface area contributed by atoms with Gasteiger partial charge in [0.2, 0.25) is 0 Å². The predicted octanol–water partition coefficient (Wildman–Crippen LogP) is 4.07. The Morgan fingerprint density at radius 3 is 2.62 bits per heavy atom. The van der Waals surface area contributed by atoms with E-state index in [0.717, 1.165) is 15.3 Å². The van der Waals surface area contributed by atoms with E-state index < -0.39 is 0 Å². The molecule has 124 valence electrons. The minimum Gasteiger partial charge on any atom is -0.293 e. The lowest BCUT2D eigenvalue weighted by Gasteiger charge is -2.09. The first-order valence-electron chi connectivity index (χ1n) is 7.74. The second-order valence-electron chi connectivity index (χ2n) is 5.49. The number of carbonyl (C=O) groups is 1. The van der Waals surface area contributed by atoms with Crippen molar-refractivity contribution >= 4 is 39.1 Å². The van der Waals surface area contributed by atoms with E-state index in [1.165, 1.54) is 23.1 Å². The Morgan fingerprint density at radius 2 is 1.96 bits per heavy atom. The molecule has 0 aliphatic rings. The highest BCUT2D eigenvalue weighted by atomic mass is 32.2. The molecule has 0 saturated heterocycles. The smallest absolute Gasteiger partial charge is 0.263 e. The zero-order valence-electron chi connectivity index (χ0n) is 13.8. The molecule has 0 aliphatic heterocycles. The van der Waals surface area contributed by atoms with Crippen LogP contribution in [0.25, 0.3) is 10.2 Å². The molecule has 3 aromatic rings. The molecule has 0 spiro atoms. The van der Waals surface area contributed by atoms with Crippen LogP contribution in [-0.4, -0.2) is 21.1 Å². The maximum absolute atomic E-state index is 12.8. The summed E-state index contributed by atoms with van der Waals surface area (Å²) < 4.78 is 1.66. The summed E-state index contributed by atoms with van der Waals surface area (Å²) >= 11 is 2.86. The number of carbonyl (C=O) groups excluding carboxylic acids is 1. The summed E-state index contributed by atoms with van der Waals surface area (Å²) in [7, 11) is 0. The normalized spacial score (nSPS) is 11.1. The van der Waals surface area contributed by atoms with Crippen LogP contribution >= 0.6 is 23.1 Å². The molecule has 0 bridgehead atoms. The third-order valence-corrected chi connectivity index (χ3v) is 6.08. The van der Waals surface area contributed by atoms with Crippen molar-refractivity contribution in [3.63, 3.8) is 0 Å². The van der Waals surface area contributed by atoms with Gasteiger partial charge in [0.1, 0.15) is 4.83 Å². The van der Waals surface area contributed by atoms with Gasteiger partial charge in [-0.2, -0.15) is 0 Å². The number of aryl methyl sites for hydroxylation is 2. The first kappa shape index (κ1) is 16.9. The van der Waals surface area contributed by atoms with Gasteiger partial charge in [0, 0.05) is 17.0 Å². The van der Waals surface area contributed by atoms with E-state index in [2.05, 4.69) is 4.98 Å². The summed E-state index contributed by atoms with van der Waals surface area (Å²) in [5.41, 5.74) is 1.67. The van der Waals surface area contributed by atoms with E-state index in [0.29, 0.717) is 22.7 Å². The number of aromatic nitrogens is 2. The Balaban J connectivity index is 1.95. The molecule has 0 amide bonds.